The van der Waals surface area contributed by atoms with Gasteiger partial charge in [-0.05, 0) is 63.9 Å². The molecule has 0 unspecified atom stereocenters. The molecule has 1 atom stereocenters. The number of rotatable bonds is 10. The largest absolute Gasteiger partial charge is 0.350 e. The molecule has 0 aliphatic rings. The number of carbonyl (C=O) groups excluding carboxylic acids is 2. The predicted molar refractivity (Wildman–Crippen MR) is 140 cm³/mol. The Kier molecular flexibility index (Phi) is 9.70. The molecule has 0 saturated carbocycles. The van der Waals surface area contributed by atoms with Crippen molar-refractivity contribution in [3.8, 4) is 0 Å². The van der Waals surface area contributed by atoms with E-state index in [0.29, 0.717) is 12.1 Å². The smallest absolute Gasteiger partial charge is 0.242 e. The molecule has 0 radical (unpaired) electrons. The van der Waals surface area contributed by atoms with Crippen LogP contribution >= 0.6 is 15.9 Å². The van der Waals surface area contributed by atoms with E-state index in [1.54, 1.807) is 36.1 Å². The minimum atomic E-state index is -3.50. The van der Waals surface area contributed by atoms with Crippen LogP contribution in [0.3, 0.4) is 0 Å². The monoisotopic (exact) mass is 551 g/mol. The highest BCUT2D eigenvalue weighted by Crippen LogP contribution is 2.19. The third-order valence-corrected chi connectivity index (χ3v) is 6.79. The zero-order valence-corrected chi connectivity index (χ0v) is 22.8. The molecule has 0 bridgehead atoms. The topological polar surface area (TPSA) is 86.8 Å². The van der Waals surface area contributed by atoms with Crippen molar-refractivity contribution in [2.45, 2.75) is 58.7 Å². The van der Waals surface area contributed by atoms with Gasteiger partial charge < -0.3 is 10.2 Å². The Morgan fingerprint density at radius 1 is 1.06 bits per heavy atom. The molecule has 0 aliphatic carbocycles. The van der Waals surface area contributed by atoms with E-state index in [-0.39, 0.29) is 31.3 Å². The van der Waals surface area contributed by atoms with Crippen LogP contribution in [0.15, 0.2) is 59.1 Å². The molecular formula is C25H34BrN3O4S. The second-order valence-corrected chi connectivity index (χ2v) is 12.2. The summed E-state index contributed by atoms with van der Waals surface area (Å²) in [6, 6.07) is 15.7. The van der Waals surface area contributed by atoms with Crippen LogP contribution in [0.2, 0.25) is 0 Å². The molecule has 0 aliphatic heterocycles. The zero-order chi connectivity index (χ0) is 25.5. The number of carbonyl (C=O) groups is 2. The molecule has 0 fully saturated rings. The Hall–Kier alpha value is -2.39. The van der Waals surface area contributed by atoms with Gasteiger partial charge in [-0.25, -0.2) is 8.42 Å². The fourth-order valence-corrected chi connectivity index (χ4v) is 4.90. The average molecular weight is 553 g/mol. The van der Waals surface area contributed by atoms with Crippen LogP contribution in [0.5, 0.6) is 0 Å². The zero-order valence-electron chi connectivity index (χ0n) is 20.4. The Balaban J connectivity index is 2.17. The molecule has 9 heteroatoms. The first-order valence-electron chi connectivity index (χ1n) is 11.2. The molecule has 186 valence electrons. The van der Waals surface area contributed by atoms with Gasteiger partial charge in [0.1, 0.15) is 6.04 Å². The van der Waals surface area contributed by atoms with Crippen molar-refractivity contribution < 1.29 is 18.0 Å². The molecule has 2 amide bonds. The lowest BCUT2D eigenvalue weighted by molar-refractivity contribution is -0.141. The number of nitrogens with one attached hydrogen (secondary N) is 1. The molecule has 0 aromatic heterocycles. The number of hydrogen-bond donors (Lipinski definition) is 1. The van der Waals surface area contributed by atoms with E-state index in [0.717, 1.165) is 16.3 Å². The quantitative estimate of drug-likeness (QED) is 0.476. The lowest BCUT2D eigenvalue weighted by atomic mass is 10.1. The second-order valence-electron chi connectivity index (χ2n) is 9.34. The predicted octanol–water partition coefficient (Wildman–Crippen LogP) is 4.33. The number of hydrogen-bond acceptors (Lipinski definition) is 4. The molecule has 0 spiro atoms. The van der Waals surface area contributed by atoms with Crippen LogP contribution in [0.4, 0.5) is 5.69 Å². The van der Waals surface area contributed by atoms with E-state index in [2.05, 4.69) is 21.2 Å². The summed E-state index contributed by atoms with van der Waals surface area (Å²) in [5.74, 6) is -0.448. The Morgan fingerprint density at radius 2 is 1.71 bits per heavy atom. The number of halogens is 1. The van der Waals surface area contributed by atoms with E-state index < -0.39 is 21.6 Å². The SMILES string of the molecule is C[C@@H](C(=O)NC(C)(C)C)N(Cc1cccc(Br)c1)C(=O)CCCN(c1ccccc1)S(C)(=O)=O. The molecule has 2 aromatic rings. The summed E-state index contributed by atoms with van der Waals surface area (Å²) in [5.41, 5.74) is 1.02. The first-order chi connectivity index (χ1) is 15.8. The lowest BCUT2D eigenvalue weighted by Gasteiger charge is -2.32. The van der Waals surface area contributed by atoms with Crippen LogP contribution in [-0.2, 0) is 26.2 Å². The van der Waals surface area contributed by atoms with Gasteiger partial charge in [0, 0.05) is 29.5 Å². The Bertz CT molecular complexity index is 1080. The maximum atomic E-state index is 13.3. The number of benzene rings is 2. The van der Waals surface area contributed by atoms with Gasteiger partial charge in [-0.2, -0.15) is 0 Å². The summed E-state index contributed by atoms with van der Waals surface area (Å²) < 4.78 is 26.8. The molecular weight excluding hydrogens is 518 g/mol. The summed E-state index contributed by atoms with van der Waals surface area (Å²) in [4.78, 5) is 27.7. The van der Waals surface area contributed by atoms with Crippen molar-refractivity contribution in [3.05, 3.63) is 64.6 Å². The van der Waals surface area contributed by atoms with Crippen LogP contribution < -0.4 is 9.62 Å². The minimum Gasteiger partial charge on any atom is -0.350 e. The average Bonchev–Trinajstić information content (AvgIpc) is 2.73. The first kappa shape index (κ1) is 27.9. The third-order valence-electron chi connectivity index (χ3n) is 5.10. The van der Waals surface area contributed by atoms with Crippen LogP contribution in [0, 0.1) is 0 Å². The summed E-state index contributed by atoms with van der Waals surface area (Å²) in [6.07, 6.45) is 1.59. The number of sulfonamides is 1. The van der Waals surface area contributed by atoms with Gasteiger partial charge in [-0.3, -0.25) is 13.9 Å². The van der Waals surface area contributed by atoms with Gasteiger partial charge in [0.05, 0.1) is 11.9 Å². The summed E-state index contributed by atoms with van der Waals surface area (Å²) >= 11 is 3.45. The molecule has 0 heterocycles. The van der Waals surface area contributed by atoms with Gasteiger partial charge in [0.15, 0.2) is 0 Å². The fourth-order valence-electron chi connectivity index (χ4n) is 3.49. The summed E-state index contributed by atoms with van der Waals surface area (Å²) in [7, 11) is -3.50. The maximum Gasteiger partial charge on any atom is 0.242 e. The van der Waals surface area contributed by atoms with Gasteiger partial charge in [0.2, 0.25) is 21.8 Å². The lowest BCUT2D eigenvalue weighted by Crippen LogP contribution is -2.52. The number of para-hydroxylation sites is 1. The third kappa shape index (κ3) is 8.76. The Labute approximate surface area is 211 Å². The standard InChI is InChI=1S/C25H34BrN3O4S/c1-19(24(31)27-25(2,3)4)28(18-20-11-9-12-21(26)17-20)23(30)15-10-16-29(34(5,32)33)22-13-7-6-8-14-22/h6-9,11-14,17,19H,10,15-16,18H2,1-5H3,(H,27,31)/t19-/m0/s1. The van der Waals surface area contributed by atoms with Gasteiger partial charge in [-0.1, -0.05) is 46.3 Å². The number of amides is 2. The molecule has 2 aromatic carbocycles. The molecule has 1 N–H and O–H groups in total. The highest BCUT2D eigenvalue weighted by Gasteiger charge is 2.28. The first-order valence-corrected chi connectivity index (χ1v) is 13.8. The van der Waals surface area contributed by atoms with Crippen LogP contribution in [0.1, 0.15) is 46.1 Å². The molecule has 0 saturated heterocycles. The van der Waals surface area contributed by atoms with E-state index in [9.17, 15) is 18.0 Å². The maximum absolute atomic E-state index is 13.3. The molecule has 7 nitrogen and oxygen atoms in total. The minimum absolute atomic E-state index is 0.111. The number of anilines is 1. The van der Waals surface area contributed by atoms with Gasteiger partial charge >= 0.3 is 0 Å². The van der Waals surface area contributed by atoms with Crippen molar-refractivity contribution in [1.82, 2.24) is 10.2 Å². The van der Waals surface area contributed by atoms with Crippen LogP contribution in [0.25, 0.3) is 0 Å². The second kappa shape index (κ2) is 11.8. The van der Waals surface area contributed by atoms with Crippen molar-refractivity contribution in [2.24, 2.45) is 0 Å². The van der Waals surface area contributed by atoms with E-state index in [4.69, 9.17) is 0 Å². The number of nitrogens with zero attached hydrogens (tertiary/aromatic N) is 2. The van der Waals surface area contributed by atoms with Crippen molar-refractivity contribution in [3.63, 3.8) is 0 Å². The highest BCUT2D eigenvalue weighted by atomic mass is 79.9. The highest BCUT2D eigenvalue weighted by molar-refractivity contribution is 9.10. The Morgan fingerprint density at radius 3 is 2.26 bits per heavy atom. The summed E-state index contributed by atoms with van der Waals surface area (Å²) in [5, 5.41) is 2.94. The van der Waals surface area contributed by atoms with Gasteiger partial charge in [0.25, 0.3) is 0 Å². The van der Waals surface area contributed by atoms with Crippen LogP contribution in [-0.4, -0.2) is 49.5 Å². The van der Waals surface area contributed by atoms with E-state index in [1.807, 2.05) is 51.1 Å². The van der Waals surface area contributed by atoms with Gasteiger partial charge in [-0.15, -0.1) is 0 Å². The molecule has 2 rings (SSSR count). The molecule has 34 heavy (non-hydrogen) atoms. The van der Waals surface area contributed by atoms with E-state index >= 15 is 0 Å². The summed E-state index contributed by atoms with van der Waals surface area (Å²) in [6.45, 7) is 7.82. The normalized spacial score (nSPS) is 12.6. The van der Waals surface area contributed by atoms with Crippen molar-refractivity contribution in [1.29, 1.82) is 0 Å². The van der Waals surface area contributed by atoms with Crippen molar-refractivity contribution >= 4 is 43.5 Å². The fraction of sp³-hybridized carbons (Fsp3) is 0.440. The van der Waals surface area contributed by atoms with Crippen molar-refractivity contribution in [2.75, 3.05) is 17.1 Å². The van der Waals surface area contributed by atoms with E-state index in [1.165, 1.54) is 4.31 Å².